The van der Waals surface area contributed by atoms with E-state index in [1.807, 2.05) is 55.1 Å². The molecular weight excluding hydrogens is 364 g/mol. The van der Waals surface area contributed by atoms with Gasteiger partial charge in [0.05, 0.1) is 12.8 Å². The van der Waals surface area contributed by atoms with Gasteiger partial charge in [-0.3, -0.25) is 9.69 Å². The van der Waals surface area contributed by atoms with Crippen molar-refractivity contribution in [2.75, 3.05) is 57.0 Å². The molecule has 1 aliphatic heterocycles. The molecule has 1 heterocycles. The van der Waals surface area contributed by atoms with Crippen molar-refractivity contribution < 1.29 is 9.53 Å². The molecular formula is C23H32N4O2. The molecule has 1 aliphatic rings. The molecule has 3 rings (SSSR count). The lowest BCUT2D eigenvalue weighted by Crippen LogP contribution is -2.51. The molecule has 1 atom stereocenters. The summed E-state index contributed by atoms with van der Waals surface area (Å²) in [5.74, 6) is 0.969. The van der Waals surface area contributed by atoms with Crippen LogP contribution in [0.15, 0.2) is 48.5 Å². The number of benzene rings is 2. The van der Waals surface area contributed by atoms with Crippen molar-refractivity contribution in [2.24, 2.45) is 0 Å². The highest BCUT2D eigenvalue weighted by Gasteiger charge is 2.33. The third kappa shape index (κ3) is 4.65. The number of nitrogens with two attached hydrogens (primary N) is 1. The maximum absolute atomic E-state index is 13.3. The number of anilines is 2. The van der Waals surface area contributed by atoms with Crippen molar-refractivity contribution in [3.8, 4) is 5.75 Å². The molecule has 0 bridgehead atoms. The lowest BCUT2D eigenvalue weighted by molar-refractivity contribution is -0.137. The van der Waals surface area contributed by atoms with Crippen LogP contribution in [-0.4, -0.2) is 62.1 Å². The highest BCUT2D eigenvalue weighted by Crippen LogP contribution is 2.32. The van der Waals surface area contributed by atoms with Gasteiger partial charge in [-0.15, -0.1) is 0 Å². The molecule has 0 aliphatic carbocycles. The van der Waals surface area contributed by atoms with E-state index >= 15 is 0 Å². The third-order valence-electron chi connectivity index (χ3n) is 5.65. The number of likely N-dealkylation sites (N-methyl/N-ethyl adjacent to an activating group) is 1. The van der Waals surface area contributed by atoms with Crippen LogP contribution in [0.5, 0.6) is 5.75 Å². The molecule has 156 valence electrons. The summed E-state index contributed by atoms with van der Waals surface area (Å²) in [6.45, 7) is 8.79. The minimum Gasteiger partial charge on any atom is -0.495 e. The van der Waals surface area contributed by atoms with Crippen molar-refractivity contribution in [3.05, 3.63) is 54.1 Å². The van der Waals surface area contributed by atoms with E-state index < -0.39 is 0 Å². The van der Waals surface area contributed by atoms with Crippen LogP contribution < -0.4 is 15.4 Å². The van der Waals surface area contributed by atoms with Crippen LogP contribution >= 0.6 is 0 Å². The van der Waals surface area contributed by atoms with Crippen molar-refractivity contribution in [1.29, 1.82) is 0 Å². The van der Waals surface area contributed by atoms with Crippen molar-refractivity contribution in [2.45, 2.75) is 19.9 Å². The number of carbonyl (C=O) groups excluding carboxylic acids is 1. The summed E-state index contributed by atoms with van der Waals surface area (Å²) >= 11 is 0. The summed E-state index contributed by atoms with van der Waals surface area (Å²) in [5, 5.41) is 0. The Bertz CT molecular complexity index is 800. The summed E-state index contributed by atoms with van der Waals surface area (Å²) < 4.78 is 5.53. The molecule has 0 aromatic heterocycles. The lowest BCUT2D eigenvalue weighted by atomic mass is 10.0. The molecule has 6 nitrogen and oxygen atoms in total. The first kappa shape index (κ1) is 21.0. The zero-order valence-corrected chi connectivity index (χ0v) is 17.7. The van der Waals surface area contributed by atoms with Gasteiger partial charge < -0.3 is 20.3 Å². The number of hydrogen-bond donors (Lipinski definition) is 1. The number of nitrogen functional groups attached to an aromatic ring is 1. The third-order valence-corrected chi connectivity index (χ3v) is 5.65. The Hall–Kier alpha value is -2.73. The van der Waals surface area contributed by atoms with Gasteiger partial charge in [-0.1, -0.05) is 30.3 Å². The highest BCUT2D eigenvalue weighted by atomic mass is 16.5. The first-order chi connectivity index (χ1) is 14.1. The fraction of sp³-hybridized carbons (Fsp3) is 0.435. The Morgan fingerprint density at radius 2 is 1.72 bits per heavy atom. The Kier molecular flexibility index (Phi) is 6.99. The summed E-state index contributed by atoms with van der Waals surface area (Å²) in [6, 6.07) is 15.7. The number of methoxy groups -OCH3 is 1. The SMILES string of the molecule is CCN(CC)C(=O)C(c1ccccc1)N1CCN(c2ccc(N)cc2OC)CC1. The topological polar surface area (TPSA) is 62.0 Å². The number of amides is 1. The Balaban J connectivity index is 1.79. The maximum atomic E-state index is 13.3. The zero-order valence-electron chi connectivity index (χ0n) is 17.7. The molecule has 2 aromatic carbocycles. The van der Waals surface area contributed by atoms with Gasteiger partial charge in [-0.25, -0.2) is 0 Å². The molecule has 1 fully saturated rings. The van der Waals surface area contributed by atoms with E-state index in [1.165, 1.54) is 0 Å². The number of rotatable bonds is 7. The molecule has 0 radical (unpaired) electrons. The zero-order chi connectivity index (χ0) is 20.8. The summed E-state index contributed by atoms with van der Waals surface area (Å²) in [4.78, 5) is 19.9. The fourth-order valence-electron chi connectivity index (χ4n) is 4.03. The van der Waals surface area contributed by atoms with Crippen LogP contribution in [0.25, 0.3) is 0 Å². The van der Waals surface area contributed by atoms with Crippen molar-refractivity contribution >= 4 is 17.3 Å². The van der Waals surface area contributed by atoms with E-state index in [1.54, 1.807) is 7.11 Å². The maximum Gasteiger partial charge on any atom is 0.244 e. The van der Waals surface area contributed by atoms with E-state index in [9.17, 15) is 4.79 Å². The van der Waals surface area contributed by atoms with Gasteiger partial charge in [-0.2, -0.15) is 0 Å². The first-order valence-corrected chi connectivity index (χ1v) is 10.3. The Morgan fingerprint density at radius 1 is 1.07 bits per heavy atom. The number of ether oxygens (including phenoxy) is 1. The molecule has 1 amide bonds. The number of nitrogens with zero attached hydrogens (tertiary/aromatic N) is 3. The Morgan fingerprint density at radius 3 is 2.31 bits per heavy atom. The molecule has 2 aromatic rings. The van der Waals surface area contributed by atoms with Crippen LogP contribution in [0, 0.1) is 0 Å². The van der Waals surface area contributed by atoms with Gasteiger partial charge in [-0.05, 0) is 31.5 Å². The van der Waals surface area contributed by atoms with Gasteiger partial charge in [0.2, 0.25) is 5.91 Å². The predicted molar refractivity (Wildman–Crippen MR) is 118 cm³/mol. The van der Waals surface area contributed by atoms with Gasteiger partial charge in [0.25, 0.3) is 0 Å². The number of carbonyl (C=O) groups is 1. The van der Waals surface area contributed by atoms with E-state index in [-0.39, 0.29) is 11.9 Å². The second-order valence-electron chi connectivity index (χ2n) is 7.28. The average Bonchev–Trinajstić information content (AvgIpc) is 2.76. The molecule has 0 saturated carbocycles. The monoisotopic (exact) mass is 396 g/mol. The van der Waals surface area contributed by atoms with E-state index in [0.29, 0.717) is 5.69 Å². The van der Waals surface area contributed by atoms with E-state index in [2.05, 4.69) is 21.9 Å². The lowest BCUT2D eigenvalue weighted by Gasteiger charge is -2.41. The number of piperazine rings is 1. The van der Waals surface area contributed by atoms with Gasteiger partial charge in [0, 0.05) is 51.0 Å². The summed E-state index contributed by atoms with van der Waals surface area (Å²) in [5.41, 5.74) is 8.70. The highest BCUT2D eigenvalue weighted by molar-refractivity contribution is 5.83. The van der Waals surface area contributed by atoms with Crippen LogP contribution in [0.2, 0.25) is 0 Å². The molecule has 1 saturated heterocycles. The average molecular weight is 397 g/mol. The van der Waals surface area contributed by atoms with Gasteiger partial charge in [0.1, 0.15) is 11.8 Å². The second-order valence-corrected chi connectivity index (χ2v) is 7.28. The summed E-state index contributed by atoms with van der Waals surface area (Å²) in [6.07, 6.45) is 0. The normalized spacial score (nSPS) is 15.8. The molecule has 29 heavy (non-hydrogen) atoms. The predicted octanol–water partition coefficient (Wildman–Crippen LogP) is 3.01. The molecule has 6 heteroatoms. The fourth-order valence-corrected chi connectivity index (χ4v) is 4.03. The minimum absolute atomic E-state index is 0.180. The molecule has 1 unspecified atom stereocenters. The van der Waals surface area contributed by atoms with E-state index in [0.717, 1.165) is 56.3 Å². The van der Waals surface area contributed by atoms with Gasteiger partial charge in [0.15, 0.2) is 0 Å². The smallest absolute Gasteiger partial charge is 0.244 e. The second kappa shape index (κ2) is 9.65. The number of hydrogen-bond acceptors (Lipinski definition) is 5. The summed E-state index contributed by atoms with van der Waals surface area (Å²) in [7, 11) is 1.67. The van der Waals surface area contributed by atoms with Crippen LogP contribution in [0.4, 0.5) is 11.4 Å². The quantitative estimate of drug-likeness (QED) is 0.729. The Labute approximate surface area is 173 Å². The van der Waals surface area contributed by atoms with Crippen LogP contribution in [0.1, 0.15) is 25.5 Å². The van der Waals surface area contributed by atoms with Gasteiger partial charge >= 0.3 is 0 Å². The standard InChI is InChI=1S/C23H32N4O2/c1-4-25(5-2)23(28)22(18-9-7-6-8-10-18)27-15-13-26(14-16-27)20-12-11-19(24)17-21(20)29-3/h6-12,17,22H,4-5,13-16,24H2,1-3H3. The van der Waals surface area contributed by atoms with Crippen molar-refractivity contribution in [1.82, 2.24) is 9.80 Å². The van der Waals surface area contributed by atoms with Crippen LogP contribution in [-0.2, 0) is 4.79 Å². The minimum atomic E-state index is -0.244. The molecule has 2 N–H and O–H groups in total. The first-order valence-electron chi connectivity index (χ1n) is 10.3. The van der Waals surface area contributed by atoms with Crippen molar-refractivity contribution in [3.63, 3.8) is 0 Å². The molecule has 0 spiro atoms. The van der Waals surface area contributed by atoms with Crippen LogP contribution in [0.3, 0.4) is 0 Å². The largest absolute Gasteiger partial charge is 0.495 e. The van der Waals surface area contributed by atoms with E-state index in [4.69, 9.17) is 10.5 Å².